The lowest BCUT2D eigenvalue weighted by Crippen LogP contribution is -2.48. The van der Waals surface area contributed by atoms with Crippen LogP contribution in [0.2, 0.25) is 0 Å². The SMILES string of the molecule is CCC1CN(C(=N)C(C)(C)C)CCO1. The van der Waals surface area contributed by atoms with Gasteiger partial charge in [-0.3, -0.25) is 5.41 Å². The minimum atomic E-state index is -0.0460. The van der Waals surface area contributed by atoms with Crippen LogP contribution in [0.1, 0.15) is 34.1 Å². The summed E-state index contributed by atoms with van der Waals surface area (Å²) in [4.78, 5) is 2.15. The number of nitrogens with one attached hydrogen (secondary N) is 1. The number of hydrogen-bond acceptors (Lipinski definition) is 2. The molecule has 1 unspecified atom stereocenters. The molecule has 0 aromatic heterocycles. The van der Waals surface area contributed by atoms with Crippen molar-refractivity contribution in [3.05, 3.63) is 0 Å². The predicted octanol–water partition coefficient (Wildman–Crippen LogP) is 2.12. The zero-order chi connectivity index (χ0) is 10.8. The summed E-state index contributed by atoms with van der Waals surface area (Å²) in [5.41, 5.74) is -0.0460. The summed E-state index contributed by atoms with van der Waals surface area (Å²) in [6, 6.07) is 0. The average Bonchev–Trinajstić information content (AvgIpc) is 2.15. The Morgan fingerprint density at radius 2 is 2.14 bits per heavy atom. The van der Waals surface area contributed by atoms with Crippen molar-refractivity contribution in [2.24, 2.45) is 5.41 Å². The Kier molecular flexibility index (Phi) is 3.53. The van der Waals surface area contributed by atoms with Gasteiger partial charge in [0.15, 0.2) is 0 Å². The normalized spacial score (nSPS) is 23.7. The molecule has 1 fully saturated rings. The van der Waals surface area contributed by atoms with E-state index in [-0.39, 0.29) is 5.41 Å². The molecule has 1 N–H and O–H groups in total. The van der Waals surface area contributed by atoms with E-state index >= 15 is 0 Å². The summed E-state index contributed by atoms with van der Waals surface area (Å²) in [5.74, 6) is 0.735. The van der Waals surface area contributed by atoms with Crippen molar-refractivity contribution in [2.45, 2.75) is 40.2 Å². The summed E-state index contributed by atoms with van der Waals surface area (Å²) in [5, 5.41) is 8.07. The molecule has 82 valence electrons. The van der Waals surface area contributed by atoms with E-state index in [0.717, 1.165) is 32.0 Å². The fourth-order valence-corrected chi connectivity index (χ4v) is 1.64. The highest BCUT2D eigenvalue weighted by molar-refractivity contribution is 5.84. The van der Waals surface area contributed by atoms with Crippen LogP contribution in [0, 0.1) is 10.8 Å². The van der Waals surface area contributed by atoms with E-state index in [9.17, 15) is 0 Å². The molecule has 0 spiro atoms. The van der Waals surface area contributed by atoms with E-state index in [2.05, 4.69) is 32.6 Å². The second kappa shape index (κ2) is 4.30. The van der Waals surface area contributed by atoms with Crippen molar-refractivity contribution in [3.63, 3.8) is 0 Å². The molecule has 0 aromatic rings. The first kappa shape index (κ1) is 11.5. The zero-order valence-electron chi connectivity index (χ0n) is 9.76. The van der Waals surface area contributed by atoms with Gasteiger partial charge in [-0.25, -0.2) is 0 Å². The second-order valence-electron chi connectivity index (χ2n) is 4.95. The maximum absolute atomic E-state index is 8.07. The summed E-state index contributed by atoms with van der Waals surface area (Å²) in [7, 11) is 0. The van der Waals surface area contributed by atoms with Crippen LogP contribution in [0.4, 0.5) is 0 Å². The van der Waals surface area contributed by atoms with E-state index in [1.165, 1.54) is 0 Å². The largest absolute Gasteiger partial charge is 0.375 e. The Bertz CT molecular complexity index is 208. The van der Waals surface area contributed by atoms with E-state index in [0.29, 0.717) is 6.10 Å². The molecule has 1 aliphatic heterocycles. The van der Waals surface area contributed by atoms with E-state index in [4.69, 9.17) is 10.1 Å². The minimum Gasteiger partial charge on any atom is -0.375 e. The van der Waals surface area contributed by atoms with Crippen molar-refractivity contribution >= 4 is 5.84 Å². The van der Waals surface area contributed by atoms with Gasteiger partial charge in [0.05, 0.1) is 12.7 Å². The van der Waals surface area contributed by atoms with Crippen LogP contribution in [0.3, 0.4) is 0 Å². The Labute approximate surface area is 86.9 Å². The fourth-order valence-electron chi connectivity index (χ4n) is 1.64. The lowest BCUT2D eigenvalue weighted by molar-refractivity contribution is -0.00955. The van der Waals surface area contributed by atoms with Crippen LogP contribution >= 0.6 is 0 Å². The molecule has 14 heavy (non-hydrogen) atoms. The van der Waals surface area contributed by atoms with Gasteiger partial charge in [-0.05, 0) is 6.42 Å². The van der Waals surface area contributed by atoms with Gasteiger partial charge >= 0.3 is 0 Å². The monoisotopic (exact) mass is 198 g/mol. The standard InChI is InChI=1S/C11H22N2O/c1-5-9-8-13(6-7-14-9)10(12)11(2,3)4/h9,12H,5-8H2,1-4H3. The van der Waals surface area contributed by atoms with Crippen molar-refractivity contribution in [2.75, 3.05) is 19.7 Å². The maximum atomic E-state index is 8.07. The Hall–Kier alpha value is -0.570. The van der Waals surface area contributed by atoms with Crippen LogP contribution in [-0.4, -0.2) is 36.5 Å². The van der Waals surface area contributed by atoms with E-state index in [1.54, 1.807) is 0 Å². The van der Waals surface area contributed by atoms with Gasteiger partial charge in [-0.1, -0.05) is 27.7 Å². The number of rotatable bonds is 1. The highest BCUT2D eigenvalue weighted by atomic mass is 16.5. The first-order valence-electron chi connectivity index (χ1n) is 5.40. The summed E-state index contributed by atoms with van der Waals surface area (Å²) >= 11 is 0. The second-order valence-corrected chi connectivity index (χ2v) is 4.95. The lowest BCUT2D eigenvalue weighted by atomic mass is 9.93. The molecule has 0 aromatic carbocycles. The molecule has 0 bridgehead atoms. The first-order chi connectivity index (χ1) is 6.45. The van der Waals surface area contributed by atoms with Crippen LogP contribution in [0.15, 0.2) is 0 Å². The number of morpholine rings is 1. The third kappa shape index (κ3) is 2.71. The van der Waals surface area contributed by atoms with Crippen LogP contribution in [0.25, 0.3) is 0 Å². The Balaban J connectivity index is 2.56. The predicted molar refractivity (Wildman–Crippen MR) is 58.8 cm³/mol. The van der Waals surface area contributed by atoms with Gasteiger partial charge in [-0.15, -0.1) is 0 Å². The number of nitrogens with zero attached hydrogens (tertiary/aromatic N) is 1. The molecule has 3 heteroatoms. The molecule has 1 aliphatic rings. The highest BCUT2D eigenvalue weighted by Crippen LogP contribution is 2.20. The topological polar surface area (TPSA) is 36.3 Å². The molecule has 1 saturated heterocycles. The molecule has 1 heterocycles. The molecular formula is C11H22N2O. The van der Waals surface area contributed by atoms with Crippen molar-refractivity contribution < 1.29 is 4.74 Å². The zero-order valence-corrected chi connectivity index (χ0v) is 9.76. The highest BCUT2D eigenvalue weighted by Gasteiger charge is 2.27. The van der Waals surface area contributed by atoms with Gasteiger partial charge in [0.2, 0.25) is 0 Å². The van der Waals surface area contributed by atoms with Gasteiger partial charge < -0.3 is 9.64 Å². The van der Waals surface area contributed by atoms with Crippen LogP contribution in [0.5, 0.6) is 0 Å². The molecule has 0 saturated carbocycles. The van der Waals surface area contributed by atoms with Gasteiger partial charge in [0.1, 0.15) is 5.84 Å². The van der Waals surface area contributed by atoms with Gasteiger partial charge in [0.25, 0.3) is 0 Å². The molecule has 0 radical (unpaired) electrons. The van der Waals surface area contributed by atoms with Gasteiger partial charge in [0, 0.05) is 18.5 Å². The van der Waals surface area contributed by atoms with Crippen LogP contribution in [-0.2, 0) is 4.74 Å². The van der Waals surface area contributed by atoms with Crippen molar-refractivity contribution in [1.82, 2.24) is 4.90 Å². The average molecular weight is 198 g/mol. The Morgan fingerprint density at radius 3 is 2.64 bits per heavy atom. The molecule has 1 atom stereocenters. The van der Waals surface area contributed by atoms with Gasteiger partial charge in [-0.2, -0.15) is 0 Å². The molecule has 1 rings (SSSR count). The third-order valence-electron chi connectivity index (χ3n) is 2.62. The Morgan fingerprint density at radius 1 is 1.50 bits per heavy atom. The van der Waals surface area contributed by atoms with Crippen LogP contribution < -0.4 is 0 Å². The summed E-state index contributed by atoms with van der Waals surface area (Å²) in [6.45, 7) is 10.9. The lowest BCUT2D eigenvalue weighted by Gasteiger charge is -2.38. The third-order valence-corrected chi connectivity index (χ3v) is 2.62. The smallest absolute Gasteiger partial charge is 0.101 e. The fraction of sp³-hybridized carbons (Fsp3) is 0.909. The number of amidine groups is 1. The number of hydrogen-bond donors (Lipinski definition) is 1. The first-order valence-corrected chi connectivity index (χ1v) is 5.40. The molecule has 3 nitrogen and oxygen atoms in total. The van der Waals surface area contributed by atoms with E-state index in [1.807, 2.05) is 0 Å². The maximum Gasteiger partial charge on any atom is 0.101 e. The van der Waals surface area contributed by atoms with Crippen molar-refractivity contribution in [3.8, 4) is 0 Å². The molecular weight excluding hydrogens is 176 g/mol. The minimum absolute atomic E-state index is 0.0460. The van der Waals surface area contributed by atoms with E-state index < -0.39 is 0 Å². The summed E-state index contributed by atoms with van der Waals surface area (Å²) in [6.07, 6.45) is 1.35. The summed E-state index contributed by atoms with van der Waals surface area (Å²) < 4.78 is 5.58. The van der Waals surface area contributed by atoms with Crippen molar-refractivity contribution in [1.29, 1.82) is 5.41 Å². The quantitative estimate of drug-likeness (QED) is 0.517. The molecule has 0 amide bonds. The molecule has 0 aliphatic carbocycles. The number of ether oxygens (including phenoxy) is 1.